The van der Waals surface area contributed by atoms with Crippen LogP contribution in [0, 0.1) is 0 Å². The zero-order valence-electron chi connectivity index (χ0n) is 4.89. The van der Waals surface area contributed by atoms with Crippen molar-refractivity contribution in [2.45, 2.75) is 0 Å². The van der Waals surface area contributed by atoms with Gasteiger partial charge in [0.05, 0.1) is 0 Å². The minimum atomic E-state index is -1.09. The van der Waals surface area contributed by atoms with Crippen LogP contribution >= 0.6 is 0 Å². The number of rotatable bonds is 0. The summed E-state index contributed by atoms with van der Waals surface area (Å²) in [5, 5.41) is 5.54. The second-order valence-electron chi connectivity index (χ2n) is 1.23. The van der Waals surface area contributed by atoms with Crippen molar-refractivity contribution in [1.29, 1.82) is 0 Å². The zero-order valence-corrected chi connectivity index (χ0v) is 4.89. The van der Waals surface area contributed by atoms with Crippen LogP contribution in [0.1, 0.15) is 0 Å². The largest absolute Gasteiger partial charge is 0.391 e. The van der Waals surface area contributed by atoms with Gasteiger partial charge in [-0.25, -0.2) is 21.3 Å². The average Bonchev–Trinajstić information content (AvgIpc) is 1.82. The molecule has 8 nitrogen and oxygen atoms in total. The van der Waals surface area contributed by atoms with Crippen LogP contribution in [0.2, 0.25) is 0 Å². The summed E-state index contributed by atoms with van der Waals surface area (Å²) in [6.07, 6.45) is 0. The molecule has 0 unspecified atom stereocenters. The van der Waals surface area contributed by atoms with E-state index < -0.39 is 12.1 Å². The third kappa shape index (κ3) is 3.46. The summed E-state index contributed by atoms with van der Waals surface area (Å²) in [5.41, 5.74) is 4.49. The topological polar surface area (TPSA) is 140 Å². The smallest absolute Gasteiger partial charge is 0.348 e. The van der Waals surface area contributed by atoms with Crippen LogP contribution in [0.5, 0.6) is 0 Å². The van der Waals surface area contributed by atoms with E-state index in [4.69, 9.17) is 0 Å². The molecule has 10 heavy (non-hydrogen) atoms. The number of nitrogens with two attached hydrogens (primary N) is 3. The number of carbonyl (C=O) groups is 2. The molecular formula is C2H6N6O2. The van der Waals surface area contributed by atoms with Gasteiger partial charge in [-0.1, -0.05) is 10.2 Å². The number of nitrogens with zero attached hydrogens (tertiary/aromatic N) is 3. The molecule has 56 valence electrons. The van der Waals surface area contributed by atoms with E-state index in [1.54, 1.807) is 0 Å². The highest BCUT2D eigenvalue weighted by Crippen LogP contribution is 1.80. The second-order valence-corrected chi connectivity index (χ2v) is 1.23. The van der Waals surface area contributed by atoms with Crippen molar-refractivity contribution < 1.29 is 9.59 Å². The number of primary amides is 1. The van der Waals surface area contributed by atoms with Crippen molar-refractivity contribution in [2.24, 2.45) is 27.6 Å². The van der Waals surface area contributed by atoms with E-state index in [-0.39, 0.29) is 5.12 Å². The maximum atomic E-state index is 10.3. The van der Waals surface area contributed by atoms with E-state index in [9.17, 15) is 9.59 Å². The Kier molecular flexibility index (Phi) is 2.94. The Balaban J connectivity index is 3.90. The standard InChI is InChI=1S/C2H6N6O2/c3-1(9)6-7-2(10)8(4)5/h4-5H2,(H2,3,9). The molecule has 0 rings (SSSR count). The number of hydrazine groups is 2. The molecule has 6 N–H and O–H groups in total. The first-order valence-corrected chi connectivity index (χ1v) is 2.08. The first-order valence-electron chi connectivity index (χ1n) is 2.08. The van der Waals surface area contributed by atoms with E-state index in [0.29, 0.717) is 0 Å². The van der Waals surface area contributed by atoms with Crippen LogP contribution in [-0.2, 0) is 0 Å². The highest BCUT2D eigenvalue weighted by molar-refractivity contribution is 5.77. The highest BCUT2D eigenvalue weighted by atomic mass is 16.2. The van der Waals surface area contributed by atoms with Crippen molar-refractivity contribution in [1.82, 2.24) is 5.12 Å². The highest BCUT2D eigenvalue weighted by Gasteiger charge is 2.01. The molecule has 0 bridgehead atoms. The number of amides is 4. The maximum Gasteiger partial charge on any atom is 0.391 e. The number of hydrogen-bond donors (Lipinski definition) is 3. The van der Waals surface area contributed by atoms with Crippen molar-refractivity contribution in [3.63, 3.8) is 0 Å². The fraction of sp³-hybridized carbons (Fsp3) is 0. The van der Waals surface area contributed by atoms with E-state index in [2.05, 4.69) is 27.6 Å². The first kappa shape index (κ1) is 8.46. The van der Waals surface area contributed by atoms with Crippen molar-refractivity contribution in [3.05, 3.63) is 0 Å². The molecule has 0 atom stereocenters. The van der Waals surface area contributed by atoms with Gasteiger partial charge < -0.3 is 5.73 Å². The Morgan fingerprint density at radius 3 is 2.00 bits per heavy atom. The van der Waals surface area contributed by atoms with Gasteiger partial charge in [-0.3, -0.25) is 0 Å². The molecule has 8 heteroatoms. The molecule has 0 aromatic rings. The minimum absolute atomic E-state index is 0.173. The van der Waals surface area contributed by atoms with Crippen LogP contribution < -0.4 is 17.4 Å². The van der Waals surface area contributed by atoms with Crippen molar-refractivity contribution in [2.75, 3.05) is 0 Å². The minimum Gasteiger partial charge on any atom is -0.348 e. The molecule has 4 amide bonds. The second kappa shape index (κ2) is 3.48. The molecule has 0 spiro atoms. The third-order valence-corrected chi connectivity index (χ3v) is 0.455. The van der Waals surface area contributed by atoms with E-state index in [1.165, 1.54) is 0 Å². The summed E-state index contributed by atoms with van der Waals surface area (Å²) in [5.74, 6) is 9.36. The SMILES string of the molecule is NC(=O)N=NC(=O)N(N)N. The van der Waals surface area contributed by atoms with E-state index in [0.717, 1.165) is 0 Å². The number of urea groups is 2. The van der Waals surface area contributed by atoms with Crippen LogP contribution in [-0.4, -0.2) is 17.2 Å². The molecule has 0 fully saturated rings. The summed E-state index contributed by atoms with van der Waals surface area (Å²) >= 11 is 0. The van der Waals surface area contributed by atoms with Crippen LogP contribution in [0.3, 0.4) is 0 Å². The van der Waals surface area contributed by atoms with E-state index >= 15 is 0 Å². The number of hydrogen-bond acceptors (Lipinski definition) is 4. The number of carbonyl (C=O) groups excluding carboxylic acids is 2. The normalized spacial score (nSPS) is 9.80. The van der Waals surface area contributed by atoms with Gasteiger partial charge in [0.2, 0.25) is 0 Å². The molecule has 0 aromatic heterocycles. The molecule has 0 aromatic carbocycles. The van der Waals surface area contributed by atoms with Crippen molar-refractivity contribution in [3.8, 4) is 0 Å². The van der Waals surface area contributed by atoms with Gasteiger partial charge in [0.15, 0.2) is 0 Å². The van der Waals surface area contributed by atoms with Gasteiger partial charge in [-0.2, -0.15) is 5.12 Å². The zero-order chi connectivity index (χ0) is 8.15. The van der Waals surface area contributed by atoms with Crippen LogP contribution in [0.4, 0.5) is 9.59 Å². The third-order valence-electron chi connectivity index (χ3n) is 0.455. The lowest BCUT2D eigenvalue weighted by molar-refractivity contribution is 0.208. The van der Waals surface area contributed by atoms with Crippen LogP contribution in [0.25, 0.3) is 0 Å². The predicted molar refractivity (Wildman–Crippen MR) is 30.0 cm³/mol. The molecule has 0 aliphatic rings. The average molecular weight is 146 g/mol. The molecule has 0 saturated carbocycles. The molecule has 0 radical (unpaired) electrons. The summed E-state index contributed by atoms with van der Waals surface area (Å²) in [6.45, 7) is 0. The van der Waals surface area contributed by atoms with Gasteiger partial charge in [0.25, 0.3) is 0 Å². The van der Waals surface area contributed by atoms with E-state index in [1.807, 2.05) is 0 Å². The van der Waals surface area contributed by atoms with Gasteiger partial charge in [-0.05, 0) is 0 Å². The summed E-state index contributed by atoms with van der Waals surface area (Å²) < 4.78 is 0. The summed E-state index contributed by atoms with van der Waals surface area (Å²) in [6, 6.07) is -2.14. The molecule has 0 aliphatic heterocycles. The van der Waals surface area contributed by atoms with Gasteiger partial charge in [0, 0.05) is 0 Å². The Labute approximate surface area is 55.6 Å². The van der Waals surface area contributed by atoms with Gasteiger partial charge >= 0.3 is 12.1 Å². The number of azo groups is 1. The van der Waals surface area contributed by atoms with Crippen molar-refractivity contribution >= 4 is 12.1 Å². The molecule has 0 aliphatic carbocycles. The quantitative estimate of drug-likeness (QED) is 0.169. The molecule has 0 heterocycles. The lowest BCUT2D eigenvalue weighted by atomic mass is 11.1. The van der Waals surface area contributed by atoms with Gasteiger partial charge in [0.1, 0.15) is 0 Å². The summed E-state index contributed by atoms with van der Waals surface area (Å²) in [7, 11) is 0. The maximum absolute atomic E-state index is 10.3. The monoisotopic (exact) mass is 146 g/mol. The Morgan fingerprint density at radius 1 is 1.20 bits per heavy atom. The molecule has 0 saturated heterocycles. The lowest BCUT2D eigenvalue weighted by Gasteiger charge is -2.00. The fourth-order valence-corrected chi connectivity index (χ4v) is 0.144. The first-order chi connectivity index (χ1) is 4.54. The predicted octanol–water partition coefficient (Wildman–Crippen LogP) is -1.31. The van der Waals surface area contributed by atoms with Crippen LogP contribution in [0.15, 0.2) is 10.2 Å². The molecular weight excluding hydrogens is 140 g/mol. The Morgan fingerprint density at radius 2 is 1.70 bits per heavy atom. The lowest BCUT2D eigenvalue weighted by Crippen LogP contribution is -2.41. The Bertz CT molecular complexity index is 173. The summed E-state index contributed by atoms with van der Waals surface area (Å²) in [4.78, 5) is 20.1. The van der Waals surface area contributed by atoms with Gasteiger partial charge in [-0.15, -0.1) is 0 Å². The Hall–Kier alpha value is -1.54. The fourth-order valence-electron chi connectivity index (χ4n) is 0.144.